The van der Waals surface area contributed by atoms with Gasteiger partial charge in [-0.25, -0.2) is 9.97 Å². The van der Waals surface area contributed by atoms with Gasteiger partial charge < -0.3 is 0 Å². The third kappa shape index (κ3) is 4.53. The predicted octanol–water partition coefficient (Wildman–Crippen LogP) is 12.4. The summed E-state index contributed by atoms with van der Waals surface area (Å²) in [6.45, 7) is 0. The van der Waals surface area contributed by atoms with E-state index in [4.69, 9.17) is 15.0 Å². The summed E-state index contributed by atoms with van der Waals surface area (Å²) in [6.07, 6.45) is 1.87. The lowest BCUT2D eigenvalue weighted by atomic mass is 9.92. The molecule has 0 fully saturated rings. The molecule has 0 spiro atoms. The number of fused-ring (bicyclic) bond motifs is 7. The van der Waals surface area contributed by atoms with E-state index in [1.54, 1.807) is 11.3 Å². The summed E-state index contributed by atoms with van der Waals surface area (Å²) in [5.41, 5.74) is 9.89. The fourth-order valence-electron chi connectivity index (χ4n) is 7.23. The molecular formula is C45H27N3S. The molecule has 0 saturated carbocycles. The maximum absolute atomic E-state index is 5.27. The molecule has 0 saturated heterocycles. The van der Waals surface area contributed by atoms with E-state index < -0.39 is 0 Å². The summed E-state index contributed by atoms with van der Waals surface area (Å²) < 4.78 is 2.34. The van der Waals surface area contributed by atoms with E-state index in [2.05, 4.69) is 146 Å². The van der Waals surface area contributed by atoms with Gasteiger partial charge >= 0.3 is 0 Å². The van der Waals surface area contributed by atoms with Crippen molar-refractivity contribution in [2.45, 2.75) is 0 Å². The molecule has 0 atom stereocenters. The minimum absolute atomic E-state index is 0.742. The van der Waals surface area contributed by atoms with Crippen LogP contribution in [0.25, 0.3) is 97.6 Å². The molecule has 0 radical (unpaired) electrons. The van der Waals surface area contributed by atoms with Crippen molar-refractivity contribution < 1.29 is 0 Å². The van der Waals surface area contributed by atoms with Crippen molar-refractivity contribution in [2.75, 3.05) is 0 Å². The van der Waals surface area contributed by atoms with E-state index in [9.17, 15) is 0 Å². The smallest absolute Gasteiger partial charge is 0.161 e. The Hall–Kier alpha value is -6.23. The van der Waals surface area contributed by atoms with Crippen LogP contribution < -0.4 is 0 Å². The predicted molar refractivity (Wildman–Crippen MR) is 207 cm³/mol. The Morgan fingerprint density at radius 2 is 1.04 bits per heavy atom. The minimum Gasteiger partial charge on any atom is -0.256 e. The molecule has 7 aromatic carbocycles. The Kier molecular flexibility index (Phi) is 6.36. The quantitative estimate of drug-likeness (QED) is 0.180. The summed E-state index contributed by atoms with van der Waals surface area (Å²) in [4.78, 5) is 15.2. The molecular weight excluding hydrogens is 615 g/mol. The Labute approximate surface area is 286 Å². The standard InChI is InChI=1S/C45H27N3S/c1-2-10-30(11-3-1)42-44-43(39-15-6-7-18-40(39)49-44)48-45(47-42)38-26-25-33(34-13-4-5-14-35(34)38)29-21-19-28(20-22-29)32-16-8-17-37-36(32)24-23-31-12-9-27-46-41(31)37/h1-27H. The molecule has 228 valence electrons. The van der Waals surface area contributed by atoms with E-state index in [0.29, 0.717) is 0 Å². The topological polar surface area (TPSA) is 38.7 Å². The first-order chi connectivity index (χ1) is 24.3. The number of rotatable bonds is 4. The summed E-state index contributed by atoms with van der Waals surface area (Å²) in [7, 11) is 0. The first-order valence-electron chi connectivity index (χ1n) is 16.4. The Morgan fingerprint density at radius 3 is 1.86 bits per heavy atom. The Bertz CT molecular complexity index is 2870. The fraction of sp³-hybridized carbons (Fsp3) is 0. The van der Waals surface area contributed by atoms with Crippen LogP contribution in [-0.4, -0.2) is 15.0 Å². The fourth-order valence-corrected chi connectivity index (χ4v) is 8.39. The highest BCUT2D eigenvalue weighted by molar-refractivity contribution is 7.26. The maximum atomic E-state index is 5.27. The van der Waals surface area contributed by atoms with Gasteiger partial charge in [0, 0.05) is 38.2 Å². The van der Waals surface area contributed by atoms with E-state index in [-0.39, 0.29) is 0 Å². The van der Waals surface area contributed by atoms with Crippen LogP contribution in [0.15, 0.2) is 164 Å². The molecule has 3 aromatic heterocycles. The van der Waals surface area contributed by atoms with Gasteiger partial charge in [0.15, 0.2) is 5.82 Å². The first kappa shape index (κ1) is 27.8. The minimum atomic E-state index is 0.742. The lowest BCUT2D eigenvalue weighted by Gasteiger charge is -2.14. The number of hydrogen-bond donors (Lipinski definition) is 0. The second-order valence-electron chi connectivity index (χ2n) is 12.4. The van der Waals surface area contributed by atoms with Crippen LogP contribution in [0.3, 0.4) is 0 Å². The number of nitrogens with zero attached hydrogens (tertiary/aromatic N) is 3. The van der Waals surface area contributed by atoms with Crippen LogP contribution >= 0.6 is 11.3 Å². The largest absolute Gasteiger partial charge is 0.256 e. The number of thiophene rings is 1. The molecule has 3 nitrogen and oxygen atoms in total. The van der Waals surface area contributed by atoms with E-state index in [1.807, 2.05) is 18.3 Å². The van der Waals surface area contributed by atoms with E-state index in [0.717, 1.165) is 49.2 Å². The monoisotopic (exact) mass is 641 g/mol. The molecule has 0 amide bonds. The second-order valence-corrected chi connectivity index (χ2v) is 13.4. The van der Waals surface area contributed by atoms with Crippen LogP contribution in [0.5, 0.6) is 0 Å². The average molecular weight is 642 g/mol. The van der Waals surface area contributed by atoms with Gasteiger partial charge in [0.1, 0.15) is 0 Å². The third-order valence-corrected chi connectivity index (χ3v) is 10.7. The van der Waals surface area contributed by atoms with E-state index >= 15 is 0 Å². The zero-order valence-corrected chi connectivity index (χ0v) is 27.2. The van der Waals surface area contributed by atoms with Crippen LogP contribution in [0, 0.1) is 0 Å². The zero-order chi connectivity index (χ0) is 32.3. The molecule has 0 bridgehead atoms. The molecule has 10 rings (SSSR count). The Balaban J connectivity index is 1.11. The van der Waals surface area contributed by atoms with Crippen LogP contribution in [0.1, 0.15) is 0 Å². The van der Waals surface area contributed by atoms with Gasteiger partial charge in [-0.3, -0.25) is 4.98 Å². The zero-order valence-electron chi connectivity index (χ0n) is 26.3. The highest BCUT2D eigenvalue weighted by atomic mass is 32.1. The molecule has 4 heteroatoms. The first-order valence-corrected chi connectivity index (χ1v) is 17.3. The van der Waals surface area contributed by atoms with Crippen molar-refractivity contribution >= 4 is 64.1 Å². The molecule has 3 heterocycles. The highest BCUT2D eigenvalue weighted by Gasteiger charge is 2.18. The van der Waals surface area contributed by atoms with Crippen molar-refractivity contribution in [3.63, 3.8) is 0 Å². The Morgan fingerprint density at radius 1 is 0.388 bits per heavy atom. The normalized spacial score (nSPS) is 11.7. The van der Waals surface area contributed by atoms with Gasteiger partial charge in [0.25, 0.3) is 0 Å². The molecule has 10 aromatic rings. The highest BCUT2D eigenvalue weighted by Crippen LogP contribution is 2.42. The molecule has 0 unspecified atom stereocenters. The third-order valence-electron chi connectivity index (χ3n) is 9.57. The van der Waals surface area contributed by atoms with Crippen molar-refractivity contribution in [3.8, 4) is 44.9 Å². The molecule has 0 aliphatic rings. The van der Waals surface area contributed by atoms with Crippen molar-refractivity contribution in [3.05, 3.63) is 164 Å². The number of hydrogen-bond acceptors (Lipinski definition) is 4. The van der Waals surface area contributed by atoms with Crippen molar-refractivity contribution in [2.24, 2.45) is 0 Å². The summed E-state index contributed by atoms with van der Waals surface area (Å²) in [5.74, 6) is 0.742. The van der Waals surface area contributed by atoms with Crippen LogP contribution in [0.4, 0.5) is 0 Å². The van der Waals surface area contributed by atoms with Gasteiger partial charge in [0.05, 0.1) is 21.4 Å². The van der Waals surface area contributed by atoms with Gasteiger partial charge in [-0.05, 0) is 56.6 Å². The van der Waals surface area contributed by atoms with Gasteiger partial charge in [0.2, 0.25) is 0 Å². The van der Waals surface area contributed by atoms with Crippen molar-refractivity contribution in [1.29, 1.82) is 0 Å². The van der Waals surface area contributed by atoms with Gasteiger partial charge in [-0.1, -0.05) is 140 Å². The second kappa shape index (κ2) is 11.2. The summed E-state index contributed by atoms with van der Waals surface area (Å²) in [5, 5.41) is 7.02. The SMILES string of the molecule is c1ccc(-c2nc(-c3ccc(-c4ccc(-c5cccc6c5ccc5cccnc56)cc4)c4ccccc34)nc3c2sc2ccccc23)cc1. The van der Waals surface area contributed by atoms with Gasteiger partial charge in [-0.15, -0.1) is 11.3 Å². The van der Waals surface area contributed by atoms with Crippen LogP contribution in [-0.2, 0) is 0 Å². The van der Waals surface area contributed by atoms with Crippen LogP contribution in [0.2, 0.25) is 0 Å². The number of aromatic nitrogens is 3. The lowest BCUT2D eigenvalue weighted by Crippen LogP contribution is -1.95. The summed E-state index contributed by atoms with van der Waals surface area (Å²) >= 11 is 1.76. The average Bonchev–Trinajstić information content (AvgIpc) is 3.56. The van der Waals surface area contributed by atoms with Gasteiger partial charge in [-0.2, -0.15) is 0 Å². The number of benzene rings is 7. The summed E-state index contributed by atoms with van der Waals surface area (Å²) in [6, 6.07) is 56.0. The maximum Gasteiger partial charge on any atom is 0.161 e. The lowest BCUT2D eigenvalue weighted by molar-refractivity contribution is 1.24. The number of pyridine rings is 1. The molecule has 49 heavy (non-hydrogen) atoms. The molecule has 0 aliphatic heterocycles. The van der Waals surface area contributed by atoms with E-state index in [1.165, 1.54) is 48.5 Å². The molecule has 0 aliphatic carbocycles. The molecule has 0 N–H and O–H groups in total. The van der Waals surface area contributed by atoms with Crippen molar-refractivity contribution in [1.82, 2.24) is 15.0 Å².